The van der Waals surface area contributed by atoms with Crippen LogP contribution < -0.4 is 4.90 Å². The average molecular weight is 418 g/mol. The highest BCUT2D eigenvalue weighted by Gasteiger charge is 2.29. The number of benzene rings is 2. The molecule has 0 unspecified atom stereocenters. The molecule has 1 aliphatic heterocycles. The van der Waals surface area contributed by atoms with Crippen molar-refractivity contribution in [3.63, 3.8) is 0 Å². The second kappa shape index (κ2) is 7.69. The molecule has 0 aliphatic carbocycles. The molecular weight excluding hydrogens is 394 g/mol. The SMILES string of the molecule is CCC(=O)c1c(N2CCC(c3nc4ccccc4s3)CC2)c2ccccc2n1C=O. The molecule has 0 amide bonds. The number of aromatic nitrogens is 2. The first-order chi connectivity index (χ1) is 14.7. The number of rotatable bonds is 5. The maximum Gasteiger partial charge on any atom is 0.218 e. The van der Waals surface area contributed by atoms with E-state index >= 15 is 0 Å². The molecule has 5 rings (SSSR count). The minimum atomic E-state index is 0.00148. The highest BCUT2D eigenvalue weighted by atomic mass is 32.1. The number of hydrogen-bond donors (Lipinski definition) is 0. The lowest BCUT2D eigenvalue weighted by molar-refractivity contribution is 0.0982. The van der Waals surface area contributed by atoms with Crippen LogP contribution in [0.15, 0.2) is 48.5 Å². The first kappa shape index (κ1) is 19.0. The molecule has 0 saturated carbocycles. The lowest BCUT2D eigenvalue weighted by Crippen LogP contribution is -2.34. The van der Waals surface area contributed by atoms with E-state index in [4.69, 9.17) is 4.98 Å². The number of fused-ring (bicyclic) bond motifs is 2. The van der Waals surface area contributed by atoms with Crippen molar-refractivity contribution in [3.8, 4) is 0 Å². The number of carbonyl (C=O) groups excluding carboxylic acids is 2. The maximum absolute atomic E-state index is 12.8. The summed E-state index contributed by atoms with van der Waals surface area (Å²) < 4.78 is 2.76. The molecule has 4 aromatic rings. The van der Waals surface area contributed by atoms with Crippen molar-refractivity contribution >= 4 is 50.3 Å². The smallest absolute Gasteiger partial charge is 0.218 e. The van der Waals surface area contributed by atoms with Crippen LogP contribution in [0.1, 0.15) is 47.6 Å². The summed E-state index contributed by atoms with van der Waals surface area (Å²) in [6, 6.07) is 16.1. The van der Waals surface area contributed by atoms with Crippen molar-refractivity contribution in [2.24, 2.45) is 0 Å². The second-order valence-electron chi connectivity index (χ2n) is 7.75. The Hall–Kier alpha value is -2.99. The third-order valence-corrected chi connectivity index (χ3v) is 7.24. The fourth-order valence-electron chi connectivity index (χ4n) is 4.52. The van der Waals surface area contributed by atoms with E-state index in [0.717, 1.165) is 54.4 Å². The normalized spacial score (nSPS) is 15.2. The summed E-state index contributed by atoms with van der Waals surface area (Å²) in [6.45, 7) is 3.53. The van der Waals surface area contributed by atoms with Crippen LogP contribution in [0.4, 0.5) is 5.69 Å². The molecule has 2 aromatic carbocycles. The van der Waals surface area contributed by atoms with Gasteiger partial charge in [-0.2, -0.15) is 0 Å². The summed E-state index contributed by atoms with van der Waals surface area (Å²) in [5, 5.41) is 2.18. The Morgan fingerprint density at radius 1 is 1.13 bits per heavy atom. The summed E-state index contributed by atoms with van der Waals surface area (Å²) >= 11 is 1.79. The second-order valence-corrected chi connectivity index (χ2v) is 8.81. The van der Waals surface area contributed by atoms with Crippen molar-refractivity contribution in [2.45, 2.75) is 32.1 Å². The third-order valence-electron chi connectivity index (χ3n) is 6.05. The zero-order valence-corrected chi connectivity index (χ0v) is 17.7. The Morgan fingerprint density at radius 2 is 1.87 bits per heavy atom. The minimum absolute atomic E-state index is 0.00148. The Bertz CT molecular complexity index is 1220. The van der Waals surface area contributed by atoms with Crippen LogP contribution >= 0.6 is 11.3 Å². The first-order valence-corrected chi connectivity index (χ1v) is 11.2. The van der Waals surface area contributed by atoms with Crippen molar-refractivity contribution in [1.82, 2.24) is 9.55 Å². The summed E-state index contributed by atoms with van der Waals surface area (Å²) in [5.74, 6) is 0.435. The number of hydrogen-bond acceptors (Lipinski definition) is 5. The lowest BCUT2D eigenvalue weighted by Gasteiger charge is -2.33. The molecule has 0 N–H and O–H groups in total. The molecular formula is C24H23N3O2S. The van der Waals surface area contributed by atoms with E-state index in [0.29, 0.717) is 18.0 Å². The van der Waals surface area contributed by atoms with Gasteiger partial charge in [-0.3, -0.25) is 14.2 Å². The Labute approximate surface area is 178 Å². The van der Waals surface area contributed by atoms with Crippen LogP contribution in [0.25, 0.3) is 21.1 Å². The molecule has 30 heavy (non-hydrogen) atoms. The van der Waals surface area contributed by atoms with Crippen LogP contribution in [0, 0.1) is 0 Å². The van der Waals surface area contributed by atoms with E-state index < -0.39 is 0 Å². The van der Waals surface area contributed by atoms with Gasteiger partial charge in [0.25, 0.3) is 0 Å². The molecule has 0 atom stereocenters. The third kappa shape index (κ3) is 3.03. The summed E-state index contributed by atoms with van der Waals surface area (Å²) in [6.07, 6.45) is 3.11. The van der Waals surface area contributed by atoms with Gasteiger partial charge >= 0.3 is 0 Å². The van der Waals surface area contributed by atoms with Gasteiger partial charge in [0, 0.05) is 30.8 Å². The van der Waals surface area contributed by atoms with Gasteiger partial charge < -0.3 is 4.90 Å². The van der Waals surface area contributed by atoms with Crippen molar-refractivity contribution in [1.29, 1.82) is 0 Å². The number of thiazole rings is 1. The topological polar surface area (TPSA) is 55.2 Å². The van der Waals surface area contributed by atoms with E-state index in [2.05, 4.69) is 23.1 Å². The average Bonchev–Trinajstić information content (AvgIpc) is 3.37. The van der Waals surface area contributed by atoms with Crippen molar-refractivity contribution in [3.05, 3.63) is 59.2 Å². The van der Waals surface area contributed by atoms with E-state index in [1.165, 1.54) is 14.3 Å². The van der Waals surface area contributed by atoms with Crippen LogP contribution in [0.2, 0.25) is 0 Å². The Kier molecular flexibility index (Phi) is 4.87. The molecule has 2 aromatic heterocycles. The highest BCUT2D eigenvalue weighted by Crippen LogP contribution is 2.39. The molecule has 0 spiro atoms. The fraction of sp³-hybridized carbons (Fsp3) is 0.292. The molecule has 0 bridgehead atoms. The van der Waals surface area contributed by atoms with Gasteiger partial charge in [0.05, 0.1) is 26.4 Å². The van der Waals surface area contributed by atoms with Gasteiger partial charge in [0.2, 0.25) is 6.41 Å². The summed E-state index contributed by atoms with van der Waals surface area (Å²) in [5.41, 5.74) is 3.30. The van der Waals surface area contributed by atoms with E-state index in [9.17, 15) is 9.59 Å². The van der Waals surface area contributed by atoms with Crippen LogP contribution in [-0.2, 0) is 4.79 Å². The number of carbonyl (C=O) groups is 2. The maximum atomic E-state index is 12.8. The van der Waals surface area contributed by atoms with Gasteiger partial charge in [0.15, 0.2) is 5.78 Å². The number of piperidine rings is 1. The Balaban J connectivity index is 1.48. The largest absolute Gasteiger partial charge is 0.369 e. The first-order valence-electron chi connectivity index (χ1n) is 10.4. The van der Waals surface area contributed by atoms with E-state index in [-0.39, 0.29) is 5.78 Å². The zero-order chi connectivity index (χ0) is 20.7. The fourth-order valence-corrected chi connectivity index (χ4v) is 5.66. The van der Waals surface area contributed by atoms with Crippen LogP contribution in [0.5, 0.6) is 0 Å². The van der Waals surface area contributed by atoms with Gasteiger partial charge in [-0.15, -0.1) is 11.3 Å². The zero-order valence-electron chi connectivity index (χ0n) is 16.9. The minimum Gasteiger partial charge on any atom is -0.369 e. The quantitative estimate of drug-likeness (QED) is 0.328. The molecule has 1 fully saturated rings. The molecule has 1 aliphatic rings. The molecule has 0 radical (unpaired) electrons. The number of ketones is 1. The molecule has 6 heteroatoms. The summed E-state index contributed by atoms with van der Waals surface area (Å²) in [4.78, 5) is 31.8. The highest BCUT2D eigenvalue weighted by molar-refractivity contribution is 7.18. The van der Waals surface area contributed by atoms with E-state index in [1.807, 2.05) is 37.3 Å². The molecule has 1 saturated heterocycles. The van der Waals surface area contributed by atoms with Gasteiger partial charge in [-0.1, -0.05) is 37.3 Å². The van der Waals surface area contributed by atoms with Crippen LogP contribution in [0.3, 0.4) is 0 Å². The number of nitrogens with zero attached hydrogens (tertiary/aromatic N) is 3. The number of Topliss-reactive ketones (excluding diaryl/α,β-unsaturated/α-hetero) is 1. The Morgan fingerprint density at radius 3 is 2.60 bits per heavy atom. The predicted molar refractivity (Wildman–Crippen MR) is 123 cm³/mol. The van der Waals surface area contributed by atoms with Gasteiger partial charge in [-0.05, 0) is 31.0 Å². The molecule has 3 heterocycles. The van der Waals surface area contributed by atoms with Crippen molar-refractivity contribution < 1.29 is 9.59 Å². The summed E-state index contributed by atoms with van der Waals surface area (Å²) in [7, 11) is 0. The van der Waals surface area contributed by atoms with Gasteiger partial charge in [-0.25, -0.2) is 4.98 Å². The predicted octanol–water partition coefficient (Wildman–Crippen LogP) is 5.27. The van der Waals surface area contributed by atoms with Crippen molar-refractivity contribution in [2.75, 3.05) is 18.0 Å². The standard InChI is InChI=1S/C24H23N3O2S/c1-2-20(29)23-22(17-7-3-5-9-19(17)27(23)15-28)26-13-11-16(12-14-26)24-25-18-8-4-6-10-21(18)30-24/h3-10,15-16H,2,11-14H2,1H3. The van der Waals surface area contributed by atoms with Crippen LogP contribution in [-0.4, -0.2) is 34.8 Å². The van der Waals surface area contributed by atoms with Gasteiger partial charge in [0.1, 0.15) is 5.69 Å². The lowest BCUT2D eigenvalue weighted by atomic mass is 9.96. The molecule has 5 nitrogen and oxygen atoms in total. The number of anilines is 1. The van der Waals surface area contributed by atoms with E-state index in [1.54, 1.807) is 11.3 Å². The number of para-hydroxylation sites is 2. The monoisotopic (exact) mass is 417 g/mol. The molecule has 152 valence electrons.